The summed E-state index contributed by atoms with van der Waals surface area (Å²) in [6.07, 6.45) is 3.58. The Morgan fingerprint density at radius 2 is 1.97 bits per heavy atom. The molecule has 0 saturated heterocycles. The maximum atomic E-state index is 13.6. The lowest BCUT2D eigenvalue weighted by atomic mass is 10.1. The van der Waals surface area contributed by atoms with Gasteiger partial charge in [-0.3, -0.25) is 23.4 Å². The van der Waals surface area contributed by atoms with E-state index in [0.29, 0.717) is 59.2 Å². The molecule has 5 aromatic rings. The fourth-order valence-electron chi connectivity index (χ4n) is 4.92. The highest BCUT2D eigenvalue weighted by molar-refractivity contribution is 6.31. The van der Waals surface area contributed by atoms with Crippen LogP contribution in [0.5, 0.6) is 0 Å². The first-order chi connectivity index (χ1) is 18.6. The Morgan fingerprint density at radius 3 is 2.69 bits per heavy atom. The highest BCUT2D eigenvalue weighted by Gasteiger charge is 2.25. The zero-order valence-corrected chi connectivity index (χ0v) is 23.0. The molecular formula is C27H31ClN8O3. The van der Waals surface area contributed by atoms with Gasteiger partial charge in [-0.25, -0.2) is 4.79 Å². The summed E-state index contributed by atoms with van der Waals surface area (Å²) < 4.78 is 6.17. The average molecular weight is 551 g/mol. The van der Waals surface area contributed by atoms with Gasteiger partial charge in [0.1, 0.15) is 11.1 Å². The number of nitrogens with one attached hydrogen (secondary N) is 2. The molecule has 12 heteroatoms. The number of aromatic nitrogens is 6. The number of amides is 1. The molecule has 4 N–H and O–H groups in total. The van der Waals surface area contributed by atoms with E-state index in [4.69, 9.17) is 22.4 Å². The molecule has 4 aromatic heterocycles. The Kier molecular flexibility index (Phi) is 6.96. The molecule has 0 fully saturated rings. The monoisotopic (exact) mass is 550 g/mol. The van der Waals surface area contributed by atoms with Crippen LogP contribution in [0.15, 0.2) is 46.2 Å². The van der Waals surface area contributed by atoms with Crippen LogP contribution in [0.3, 0.4) is 0 Å². The summed E-state index contributed by atoms with van der Waals surface area (Å²) in [5.41, 5.74) is 8.35. The fraction of sp³-hybridized carbons (Fsp3) is 0.333. The van der Waals surface area contributed by atoms with Crippen LogP contribution >= 0.6 is 11.6 Å². The molecule has 11 nitrogen and oxygen atoms in total. The largest absolute Gasteiger partial charge is 0.361 e. The number of aryl methyl sites for hydroxylation is 1. The van der Waals surface area contributed by atoms with Crippen molar-refractivity contribution >= 4 is 39.4 Å². The van der Waals surface area contributed by atoms with Crippen LogP contribution in [0.1, 0.15) is 29.8 Å². The quantitative estimate of drug-likeness (QED) is 0.272. The van der Waals surface area contributed by atoms with Crippen LogP contribution < -0.4 is 22.3 Å². The minimum absolute atomic E-state index is 0.139. The van der Waals surface area contributed by atoms with Crippen LogP contribution in [0.25, 0.3) is 33.3 Å². The normalized spacial score (nSPS) is 11.8. The van der Waals surface area contributed by atoms with Crippen LogP contribution in [-0.2, 0) is 27.2 Å². The zero-order chi connectivity index (χ0) is 28.0. The second-order valence-corrected chi connectivity index (χ2v) is 10.6. The van der Waals surface area contributed by atoms with E-state index in [1.165, 1.54) is 7.05 Å². The summed E-state index contributed by atoms with van der Waals surface area (Å²) in [6.45, 7) is 5.35. The van der Waals surface area contributed by atoms with Gasteiger partial charge in [0, 0.05) is 62.0 Å². The second kappa shape index (κ2) is 10.2. The van der Waals surface area contributed by atoms with Gasteiger partial charge < -0.3 is 20.6 Å². The van der Waals surface area contributed by atoms with Crippen LogP contribution in [-0.4, -0.2) is 47.5 Å². The maximum Gasteiger partial charge on any atom is 0.332 e. The number of fused-ring (bicyclic) bond motifs is 2. The van der Waals surface area contributed by atoms with Gasteiger partial charge in [0.25, 0.3) is 11.5 Å². The van der Waals surface area contributed by atoms with Crippen molar-refractivity contribution in [2.45, 2.75) is 26.9 Å². The van der Waals surface area contributed by atoms with Crippen molar-refractivity contribution in [1.82, 2.24) is 33.8 Å². The number of aromatic amines is 1. The number of carbonyl (C=O) groups is 1. The summed E-state index contributed by atoms with van der Waals surface area (Å²) in [7, 11) is 3.28. The molecule has 0 saturated carbocycles. The van der Waals surface area contributed by atoms with Crippen molar-refractivity contribution < 1.29 is 4.79 Å². The predicted molar refractivity (Wildman–Crippen MR) is 152 cm³/mol. The fourth-order valence-corrected chi connectivity index (χ4v) is 5.09. The first-order valence-corrected chi connectivity index (χ1v) is 13.1. The van der Waals surface area contributed by atoms with Crippen molar-refractivity contribution in [3.05, 3.63) is 73.6 Å². The number of nitrogens with zero attached hydrogens (tertiary/aromatic N) is 5. The van der Waals surface area contributed by atoms with Gasteiger partial charge in [0.05, 0.1) is 17.8 Å². The maximum absolute atomic E-state index is 13.6. The Labute approximate surface area is 228 Å². The summed E-state index contributed by atoms with van der Waals surface area (Å²) >= 11 is 6.29. The van der Waals surface area contributed by atoms with E-state index in [-0.39, 0.29) is 11.8 Å². The number of benzene rings is 1. The molecule has 204 valence electrons. The molecule has 1 amide bonds. The molecule has 39 heavy (non-hydrogen) atoms. The van der Waals surface area contributed by atoms with E-state index in [1.54, 1.807) is 33.1 Å². The Balaban J connectivity index is 1.79. The standard InChI is InChI=1S/C27H31ClN8O3/c1-15(2)12-35-24-22(26(38)34(4)27(35)39)23(21-9-16(13-33(21)3)25(37)30-8-7-29)36(32-24)14-17-11-31-20-6-5-18(28)10-19(17)20/h5-6,9-11,13,15,31H,7-8,12,14,29H2,1-4H3,(H,30,37). The minimum Gasteiger partial charge on any atom is -0.361 e. The lowest BCUT2D eigenvalue weighted by Gasteiger charge is -2.11. The highest BCUT2D eigenvalue weighted by atomic mass is 35.5. The molecule has 1 aromatic carbocycles. The average Bonchev–Trinajstić information content (AvgIpc) is 3.59. The van der Waals surface area contributed by atoms with Gasteiger partial charge in [-0.1, -0.05) is 25.4 Å². The molecule has 0 radical (unpaired) electrons. The van der Waals surface area contributed by atoms with E-state index in [0.717, 1.165) is 21.0 Å². The highest BCUT2D eigenvalue weighted by Crippen LogP contribution is 2.30. The van der Waals surface area contributed by atoms with E-state index in [2.05, 4.69) is 10.3 Å². The molecule has 0 unspecified atom stereocenters. The molecule has 0 aliphatic rings. The van der Waals surface area contributed by atoms with Crippen molar-refractivity contribution in [2.24, 2.45) is 25.7 Å². The zero-order valence-electron chi connectivity index (χ0n) is 22.3. The number of hydrogen-bond donors (Lipinski definition) is 3. The molecule has 5 rings (SSSR count). The van der Waals surface area contributed by atoms with Gasteiger partial charge in [0.15, 0.2) is 5.65 Å². The molecule has 4 heterocycles. The third-order valence-corrected chi connectivity index (χ3v) is 7.00. The number of carbonyl (C=O) groups excluding carboxylic acids is 1. The van der Waals surface area contributed by atoms with Crippen LogP contribution in [0.4, 0.5) is 0 Å². The van der Waals surface area contributed by atoms with Gasteiger partial charge in [-0.15, -0.1) is 0 Å². The number of rotatable bonds is 8. The SMILES string of the molecule is CC(C)Cn1c(=O)n(C)c(=O)c2c(-c3cc(C(=O)NCCN)cn3C)n(Cc3c[nH]c4ccc(Cl)cc34)nc21. The molecule has 0 bridgehead atoms. The van der Waals surface area contributed by atoms with Gasteiger partial charge in [-0.05, 0) is 35.7 Å². The number of hydrogen-bond acceptors (Lipinski definition) is 5. The first-order valence-electron chi connectivity index (χ1n) is 12.7. The van der Waals surface area contributed by atoms with E-state index < -0.39 is 11.2 Å². The summed E-state index contributed by atoms with van der Waals surface area (Å²) in [5, 5.41) is 9.46. The minimum atomic E-state index is -0.450. The van der Waals surface area contributed by atoms with E-state index in [9.17, 15) is 14.4 Å². The molecule has 0 spiro atoms. The molecular weight excluding hydrogens is 520 g/mol. The van der Waals surface area contributed by atoms with Crippen molar-refractivity contribution in [1.29, 1.82) is 0 Å². The van der Waals surface area contributed by atoms with E-state index in [1.807, 2.05) is 38.2 Å². The Hall–Kier alpha value is -4.09. The van der Waals surface area contributed by atoms with Crippen molar-refractivity contribution in [2.75, 3.05) is 13.1 Å². The van der Waals surface area contributed by atoms with E-state index >= 15 is 0 Å². The Bertz CT molecular complexity index is 1840. The van der Waals surface area contributed by atoms with Crippen molar-refractivity contribution in [3.8, 4) is 11.4 Å². The number of H-pyrrole nitrogens is 1. The topological polar surface area (TPSA) is 138 Å². The van der Waals surface area contributed by atoms with Crippen molar-refractivity contribution in [3.63, 3.8) is 0 Å². The van der Waals surface area contributed by atoms with Gasteiger partial charge >= 0.3 is 5.69 Å². The first kappa shape index (κ1) is 26.5. The van der Waals surface area contributed by atoms with Gasteiger partial charge in [0.2, 0.25) is 0 Å². The molecule has 0 atom stereocenters. The van der Waals surface area contributed by atoms with Gasteiger partial charge in [-0.2, -0.15) is 5.10 Å². The number of nitrogens with two attached hydrogens (primary N) is 1. The molecule has 0 aliphatic heterocycles. The smallest absolute Gasteiger partial charge is 0.332 e. The lowest BCUT2D eigenvalue weighted by Crippen LogP contribution is -2.38. The lowest BCUT2D eigenvalue weighted by molar-refractivity contribution is 0.0954. The summed E-state index contributed by atoms with van der Waals surface area (Å²) in [4.78, 5) is 42.8. The Morgan fingerprint density at radius 1 is 1.21 bits per heavy atom. The van der Waals surface area contributed by atoms with Crippen LogP contribution in [0, 0.1) is 5.92 Å². The van der Waals surface area contributed by atoms with Crippen LogP contribution in [0.2, 0.25) is 5.02 Å². The summed E-state index contributed by atoms with van der Waals surface area (Å²) in [6, 6.07) is 7.32. The predicted octanol–water partition coefficient (Wildman–Crippen LogP) is 2.43. The molecule has 0 aliphatic carbocycles. The third kappa shape index (κ3) is 4.68. The second-order valence-electron chi connectivity index (χ2n) is 10.1. The number of halogens is 1. The third-order valence-electron chi connectivity index (χ3n) is 6.76. The summed E-state index contributed by atoms with van der Waals surface area (Å²) in [5.74, 6) is -0.130.